The average molecular weight is 460 g/mol. The van der Waals surface area contributed by atoms with E-state index in [9.17, 15) is 13.6 Å². The standard InChI is InChI=1S/C21H24N4O4S2/c1-13(2)12-29-17-10-14(3)7-8-15(17)24-20(26)25-21-23-11-18(30-21)19(31(27)28)16-6-4-5-9-22-16/h4-11,13,19H,12H2,1-3H3,(H,27,28)(H2,23,24,25,26)/p-1. The maximum Gasteiger partial charge on any atom is 0.325 e. The third-order valence-electron chi connectivity index (χ3n) is 4.11. The van der Waals surface area contributed by atoms with Gasteiger partial charge in [0, 0.05) is 17.3 Å². The lowest BCUT2D eigenvalue weighted by Crippen LogP contribution is -2.20. The number of nitrogens with one attached hydrogen (secondary N) is 2. The number of aryl methyl sites for hydroxylation is 1. The molecule has 0 aliphatic rings. The lowest BCUT2D eigenvalue weighted by atomic mass is 10.2. The summed E-state index contributed by atoms with van der Waals surface area (Å²) in [5.74, 6) is 0.926. The van der Waals surface area contributed by atoms with E-state index in [1.54, 1.807) is 24.3 Å². The van der Waals surface area contributed by atoms with Gasteiger partial charge >= 0.3 is 6.03 Å². The van der Waals surface area contributed by atoms with Crippen molar-refractivity contribution in [2.24, 2.45) is 5.92 Å². The van der Waals surface area contributed by atoms with Gasteiger partial charge in [-0.3, -0.25) is 14.5 Å². The van der Waals surface area contributed by atoms with Crippen LogP contribution >= 0.6 is 11.3 Å². The number of rotatable bonds is 8. The summed E-state index contributed by atoms with van der Waals surface area (Å²) in [6, 6.07) is 10.1. The van der Waals surface area contributed by atoms with E-state index in [4.69, 9.17) is 4.74 Å². The summed E-state index contributed by atoms with van der Waals surface area (Å²) in [5, 5.41) is 4.72. The number of thiazole rings is 1. The van der Waals surface area contributed by atoms with E-state index in [0.29, 0.717) is 34.5 Å². The largest absolute Gasteiger partial charge is 0.772 e. The van der Waals surface area contributed by atoms with Crippen molar-refractivity contribution in [2.75, 3.05) is 17.2 Å². The summed E-state index contributed by atoms with van der Waals surface area (Å²) in [4.78, 5) is 21.2. The van der Waals surface area contributed by atoms with Crippen molar-refractivity contribution in [3.05, 3.63) is 64.9 Å². The van der Waals surface area contributed by atoms with Crippen LogP contribution in [0.5, 0.6) is 5.75 Å². The Morgan fingerprint density at radius 1 is 1.23 bits per heavy atom. The van der Waals surface area contributed by atoms with Gasteiger partial charge in [-0.05, 0) is 53.8 Å². The minimum atomic E-state index is -2.43. The quantitative estimate of drug-likeness (QED) is 0.479. The van der Waals surface area contributed by atoms with Crippen LogP contribution in [0.4, 0.5) is 15.6 Å². The summed E-state index contributed by atoms with van der Waals surface area (Å²) in [6.45, 7) is 6.56. The normalized spacial score (nSPS) is 12.9. The van der Waals surface area contributed by atoms with Crippen LogP contribution in [0.15, 0.2) is 48.8 Å². The van der Waals surface area contributed by atoms with Crippen LogP contribution in [-0.4, -0.2) is 31.4 Å². The molecule has 0 aliphatic carbocycles. The molecular formula is C21H23N4O4S2-. The van der Waals surface area contributed by atoms with E-state index in [1.807, 2.05) is 32.9 Å². The number of carbonyl (C=O) groups is 1. The molecule has 0 saturated heterocycles. The fourth-order valence-electron chi connectivity index (χ4n) is 2.70. The molecule has 0 spiro atoms. The van der Waals surface area contributed by atoms with Crippen molar-refractivity contribution >= 4 is 39.3 Å². The van der Waals surface area contributed by atoms with Gasteiger partial charge in [0.05, 0.1) is 23.2 Å². The number of ether oxygens (including phenoxy) is 1. The van der Waals surface area contributed by atoms with Crippen molar-refractivity contribution < 1.29 is 18.3 Å². The maximum atomic E-state index is 12.5. The molecule has 2 unspecified atom stereocenters. The second-order valence-electron chi connectivity index (χ2n) is 7.25. The topological polar surface area (TPSA) is 116 Å². The lowest BCUT2D eigenvalue weighted by molar-refractivity contribution is 0.260. The van der Waals surface area contributed by atoms with Crippen LogP contribution in [0.1, 0.15) is 35.2 Å². The third kappa shape index (κ3) is 6.33. The molecule has 164 valence electrons. The Labute approximate surface area is 187 Å². The highest BCUT2D eigenvalue weighted by Crippen LogP contribution is 2.32. The zero-order chi connectivity index (χ0) is 22.4. The van der Waals surface area contributed by atoms with E-state index >= 15 is 0 Å². The van der Waals surface area contributed by atoms with E-state index in [2.05, 4.69) is 20.6 Å². The molecule has 31 heavy (non-hydrogen) atoms. The zero-order valence-electron chi connectivity index (χ0n) is 17.3. The Morgan fingerprint density at radius 3 is 2.71 bits per heavy atom. The Bertz CT molecular complexity index is 1060. The molecule has 3 aromatic rings. The molecule has 2 amide bonds. The SMILES string of the molecule is Cc1ccc(NC(=O)Nc2ncc(C(c3ccccn3)S(=O)[O-])s2)c(OCC(C)C)c1. The molecule has 2 N–H and O–H groups in total. The van der Waals surface area contributed by atoms with Gasteiger partial charge in [-0.15, -0.1) is 11.3 Å². The van der Waals surface area contributed by atoms with Gasteiger partial charge in [0.1, 0.15) is 5.75 Å². The first-order chi connectivity index (χ1) is 14.8. The summed E-state index contributed by atoms with van der Waals surface area (Å²) in [6.07, 6.45) is 2.96. The molecule has 0 aliphatic heterocycles. The first-order valence-corrected chi connectivity index (χ1v) is 11.5. The molecule has 0 bridgehead atoms. The maximum absolute atomic E-state index is 12.5. The van der Waals surface area contributed by atoms with Crippen LogP contribution in [0.2, 0.25) is 0 Å². The van der Waals surface area contributed by atoms with Crippen molar-refractivity contribution in [1.82, 2.24) is 9.97 Å². The second kappa shape index (κ2) is 10.5. The van der Waals surface area contributed by atoms with Crippen LogP contribution in [0.25, 0.3) is 0 Å². The highest BCUT2D eigenvalue weighted by Gasteiger charge is 2.20. The van der Waals surface area contributed by atoms with E-state index < -0.39 is 22.4 Å². The van der Waals surface area contributed by atoms with E-state index in [0.717, 1.165) is 16.9 Å². The van der Waals surface area contributed by atoms with Gasteiger partial charge in [-0.25, -0.2) is 9.78 Å². The van der Waals surface area contributed by atoms with E-state index in [1.165, 1.54) is 12.4 Å². The molecule has 3 rings (SSSR count). The monoisotopic (exact) mass is 459 g/mol. The first kappa shape index (κ1) is 22.9. The highest BCUT2D eigenvalue weighted by molar-refractivity contribution is 7.79. The smallest absolute Gasteiger partial charge is 0.325 e. The number of nitrogens with zero attached hydrogens (tertiary/aromatic N) is 2. The van der Waals surface area contributed by atoms with Crippen molar-refractivity contribution in [3.63, 3.8) is 0 Å². The Morgan fingerprint density at radius 2 is 2.03 bits per heavy atom. The minimum absolute atomic E-state index is 0.274. The number of anilines is 2. The number of benzene rings is 1. The molecule has 0 fully saturated rings. The summed E-state index contributed by atoms with van der Waals surface area (Å²) < 4.78 is 29.4. The number of carbonyl (C=O) groups excluding carboxylic acids is 1. The van der Waals surface area contributed by atoms with Crippen LogP contribution < -0.4 is 15.4 Å². The molecule has 0 saturated carbocycles. The van der Waals surface area contributed by atoms with Gasteiger partial charge in [0.25, 0.3) is 0 Å². The van der Waals surface area contributed by atoms with Crippen LogP contribution in [0.3, 0.4) is 0 Å². The fraction of sp³-hybridized carbons (Fsp3) is 0.286. The van der Waals surface area contributed by atoms with E-state index in [-0.39, 0.29) is 5.13 Å². The molecule has 8 nitrogen and oxygen atoms in total. The molecular weight excluding hydrogens is 436 g/mol. The second-order valence-corrected chi connectivity index (χ2v) is 9.30. The van der Waals surface area contributed by atoms with Gasteiger partial charge in [0.2, 0.25) is 0 Å². The third-order valence-corrected chi connectivity index (χ3v) is 6.12. The van der Waals surface area contributed by atoms with Gasteiger partial charge in [0.15, 0.2) is 5.13 Å². The Kier molecular flexibility index (Phi) is 7.72. The fourth-order valence-corrected chi connectivity index (χ4v) is 4.47. The van der Waals surface area contributed by atoms with Gasteiger partial charge in [-0.1, -0.05) is 26.0 Å². The Balaban J connectivity index is 1.71. The first-order valence-electron chi connectivity index (χ1n) is 9.59. The molecule has 0 radical (unpaired) electrons. The average Bonchev–Trinajstić information content (AvgIpc) is 3.16. The summed E-state index contributed by atoms with van der Waals surface area (Å²) in [5.41, 5.74) is 1.94. The molecule has 2 heterocycles. The van der Waals surface area contributed by atoms with Crippen molar-refractivity contribution in [3.8, 4) is 5.75 Å². The number of aromatic nitrogens is 2. The molecule has 10 heteroatoms. The predicted octanol–water partition coefficient (Wildman–Crippen LogP) is 4.49. The minimum Gasteiger partial charge on any atom is -0.772 e. The number of hydrogen-bond donors (Lipinski definition) is 2. The summed E-state index contributed by atoms with van der Waals surface area (Å²) in [7, 11) is 0. The zero-order valence-corrected chi connectivity index (χ0v) is 19.0. The number of urea groups is 1. The molecule has 2 atom stereocenters. The number of pyridine rings is 1. The van der Waals surface area contributed by atoms with Gasteiger partial charge < -0.3 is 14.6 Å². The summed E-state index contributed by atoms with van der Waals surface area (Å²) >= 11 is -1.36. The molecule has 1 aromatic carbocycles. The number of amides is 2. The Hall–Kier alpha value is -2.82. The number of hydrogen-bond acceptors (Lipinski definition) is 7. The predicted molar refractivity (Wildman–Crippen MR) is 121 cm³/mol. The van der Waals surface area contributed by atoms with Gasteiger partial charge in [-0.2, -0.15) is 0 Å². The van der Waals surface area contributed by atoms with Crippen molar-refractivity contribution in [2.45, 2.75) is 26.0 Å². The van der Waals surface area contributed by atoms with Crippen LogP contribution in [0, 0.1) is 12.8 Å². The highest BCUT2D eigenvalue weighted by atomic mass is 32.2. The lowest BCUT2D eigenvalue weighted by Gasteiger charge is -2.17. The van der Waals surface area contributed by atoms with Crippen LogP contribution in [-0.2, 0) is 11.1 Å². The molecule has 2 aromatic heterocycles. The van der Waals surface area contributed by atoms with Crippen molar-refractivity contribution in [1.29, 1.82) is 0 Å².